The molecule has 24 heavy (non-hydrogen) atoms. The van der Waals surface area contributed by atoms with Crippen molar-refractivity contribution in [3.8, 4) is 0 Å². The van der Waals surface area contributed by atoms with Crippen molar-refractivity contribution >= 4 is 5.97 Å². The van der Waals surface area contributed by atoms with Crippen molar-refractivity contribution in [3.63, 3.8) is 0 Å². The molecule has 0 spiro atoms. The van der Waals surface area contributed by atoms with Crippen molar-refractivity contribution in [1.29, 1.82) is 0 Å². The maximum atomic E-state index is 10.3. The minimum absolute atomic E-state index is 0. The summed E-state index contributed by atoms with van der Waals surface area (Å²) in [6.07, 6.45) is 20.2. The summed E-state index contributed by atoms with van der Waals surface area (Å²) < 4.78 is 0. The van der Waals surface area contributed by atoms with E-state index in [-0.39, 0.29) is 12.3 Å². The van der Waals surface area contributed by atoms with Gasteiger partial charge >= 0.3 is 5.97 Å². The van der Waals surface area contributed by atoms with Gasteiger partial charge in [-0.15, -0.1) is 13.2 Å². The third-order valence-electron chi connectivity index (χ3n) is 3.99. The number of aliphatic carboxylic acids is 1. The van der Waals surface area contributed by atoms with E-state index < -0.39 is 5.97 Å². The normalized spacial score (nSPS) is 9.21. The molecule has 7 N–H and O–H groups in total. The second-order valence-electron chi connectivity index (χ2n) is 6.09. The summed E-state index contributed by atoms with van der Waals surface area (Å²) in [5.74, 6) is -0.653. The highest BCUT2D eigenvalue weighted by atomic mass is 16.4. The molecule has 0 rings (SSSR count). The van der Waals surface area contributed by atoms with Crippen molar-refractivity contribution in [2.75, 3.05) is 0 Å². The molecule has 0 saturated heterocycles. The van der Waals surface area contributed by atoms with Crippen LogP contribution in [-0.2, 0) is 4.79 Å². The van der Waals surface area contributed by atoms with Crippen LogP contribution in [0, 0.1) is 0 Å². The van der Waals surface area contributed by atoms with Crippen LogP contribution >= 0.6 is 0 Å². The predicted molar refractivity (Wildman–Crippen MR) is 108 cm³/mol. The first-order chi connectivity index (χ1) is 10.8. The number of carboxylic acids is 1. The second-order valence-corrected chi connectivity index (χ2v) is 6.09. The standard InChI is InChI=1S/C18H36O2.C2H4.2H3N/c1-2-3-4-5-6-7-8-9-10-11-12-13-14-15-16-17-18(19)20;1-2;;/h2-17H2,1H3,(H,19,20);1-2H2;2*1H3. The Morgan fingerprint density at radius 2 is 0.875 bits per heavy atom. The second kappa shape index (κ2) is 30.1. The average molecular weight is 347 g/mol. The summed E-state index contributed by atoms with van der Waals surface area (Å²) in [6, 6.07) is 0. The zero-order chi connectivity index (χ0) is 16.9. The van der Waals surface area contributed by atoms with E-state index in [1.165, 1.54) is 83.5 Å². The van der Waals surface area contributed by atoms with E-state index in [2.05, 4.69) is 20.1 Å². The van der Waals surface area contributed by atoms with Gasteiger partial charge in [-0.1, -0.05) is 96.8 Å². The topological polar surface area (TPSA) is 107 Å². The van der Waals surface area contributed by atoms with Gasteiger partial charge in [0, 0.05) is 6.42 Å². The lowest BCUT2D eigenvalue weighted by atomic mass is 10.0. The molecular weight excluding hydrogens is 300 g/mol. The monoisotopic (exact) mass is 346 g/mol. The molecule has 0 aromatic rings. The summed E-state index contributed by atoms with van der Waals surface area (Å²) in [5, 5.41) is 8.52. The first-order valence-corrected chi connectivity index (χ1v) is 9.49. The number of hydrogen-bond donors (Lipinski definition) is 3. The molecule has 148 valence electrons. The number of hydrogen-bond acceptors (Lipinski definition) is 3. The van der Waals surface area contributed by atoms with E-state index in [1.54, 1.807) is 0 Å². The van der Waals surface area contributed by atoms with E-state index in [4.69, 9.17) is 5.11 Å². The molecule has 0 atom stereocenters. The SMILES string of the molecule is C=C.CCCCCCCCCCCCCCCCCC(=O)O.N.N. The molecule has 0 aromatic heterocycles. The van der Waals surface area contributed by atoms with Gasteiger partial charge in [0.25, 0.3) is 0 Å². The Labute approximate surface area is 151 Å². The minimum Gasteiger partial charge on any atom is -0.481 e. The number of rotatable bonds is 16. The number of unbranched alkanes of at least 4 members (excludes halogenated alkanes) is 14. The van der Waals surface area contributed by atoms with Crippen molar-refractivity contribution in [1.82, 2.24) is 12.3 Å². The van der Waals surface area contributed by atoms with Crippen LogP contribution in [-0.4, -0.2) is 11.1 Å². The lowest BCUT2D eigenvalue weighted by Crippen LogP contribution is -1.93. The third kappa shape index (κ3) is 32.9. The molecule has 0 heterocycles. The van der Waals surface area contributed by atoms with Crippen molar-refractivity contribution in [2.24, 2.45) is 0 Å². The van der Waals surface area contributed by atoms with E-state index in [1.807, 2.05) is 0 Å². The Hall–Kier alpha value is -0.870. The van der Waals surface area contributed by atoms with Gasteiger partial charge in [-0.3, -0.25) is 4.79 Å². The molecule has 0 aliphatic carbocycles. The van der Waals surface area contributed by atoms with Gasteiger partial charge in [0.15, 0.2) is 0 Å². The van der Waals surface area contributed by atoms with Crippen LogP contribution in [0.1, 0.15) is 110 Å². The molecule has 0 unspecified atom stereocenters. The lowest BCUT2D eigenvalue weighted by Gasteiger charge is -2.03. The summed E-state index contributed by atoms with van der Waals surface area (Å²) in [5.41, 5.74) is 0. The molecule has 0 amide bonds. The third-order valence-corrected chi connectivity index (χ3v) is 3.99. The zero-order valence-electron chi connectivity index (χ0n) is 16.5. The molecule has 4 nitrogen and oxygen atoms in total. The van der Waals surface area contributed by atoms with Crippen molar-refractivity contribution in [2.45, 2.75) is 110 Å². The highest BCUT2D eigenvalue weighted by molar-refractivity contribution is 5.66. The number of carbonyl (C=O) groups is 1. The molecule has 0 fully saturated rings. The molecule has 0 aliphatic rings. The summed E-state index contributed by atoms with van der Waals surface area (Å²) in [4.78, 5) is 10.3. The van der Waals surface area contributed by atoms with Gasteiger partial charge in [0.05, 0.1) is 0 Å². The smallest absolute Gasteiger partial charge is 0.303 e. The Morgan fingerprint density at radius 3 is 1.12 bits per heavy atom. The van der Waals surface area contributed by atoms with Crippen molar-refractivity contribution in [3.05, 3.63) is 13.2 Å². The Kier molecular flexibility index (Phi) is 38.8. The van der Waals surface area contributed by atoms with Crippen LogP contribution in [0.3, 0.4) is 0 Å². The first-order valence-electron chi connectivity index (χ1n) is 9.49. The fourth-order valence-electron chi connectivity index (χ4n) is 2.65. The number of carboxylic acid groups (broad SMARTS) is 1. The van der Waals surface area contributed by atoms with E-state index in [9.17, 15) is 4.79 Å². The summed E-state index contributed by atoms with van der Waals surface area (Å²) >= 11 is 0. The summed E-state index contributed by atoms with van der Waals surface area (Å²) in [7, 11) is 0. The molecule has 0 radical (unpaired) electrons. The zero-order valence-corrected chi connectivity index (χ0v) is 16.5. The van der Waals surface area contributed by atoms with Crippen LogP contribution in [0.25, 0.3) is 0 Å². The first kappa shape index (κ1) is 31.0. The van der Waals surface area contributed by atoms with Crippen LogP contribution in [0.2, 0.25) is 0 Å². The van der Waals surface area contributed by atoms with Crippen LogP contribution < -0.4 is 12.3 Å². The largest absolute Gasteiger partial charge is 0.481 e. The maximum Gasteiger partial charge on any atom is 0.303 e. The molecule has 0 aliphatic heterocycles. The van der Waals surface area contributed by atoms with Gasteiger partial charge < -0.3 is 17.4 Å². The van der Waals surface area contributed by atoms with Gasteiger partial charge in [-0.05, 0) is 6.42 Å². The fourth-order valence-corrected chi connectivity index (χ4v) is 2.65. The van der Waals surface area contributed by atoms with Crippen LogP contribution in [0.4, 0.5) is 0 Å². The quantitative estimate of drug-likeness (QED) is 0.199. The van der Waals surface area contributed by atoms with Gasteiger partial charge in [0.2, 0.25) is 0 Å². The molecule has 0 aromatic carbocycles. The van der Waals surface area contributed by atoms with Crippen molar-refractivity contribution < 1.29 is 9.90 Å². The van der Waals surface area contributed by atoms with Gasteiger partial charge in [0.1, 0.15) is 0 Å². The highest BCUT2D eigenvalue weighted by Gasteiger charge is 1.97. The molecular formula is C20H46N2O2. The highest BCUT2D eigenvalue weighted by Crippen LogP contribution is 2.13. The molecule has 0 bridgehead atoms. The van der Waals surface area contributed by atoms with E-state index >= 15 is 0 Å². The van der Waals surface area contributed by atoms with Crippen LogP contribution in [0.15, 0.2) is 13.2 Å². The van der Waals surface area contributed by atoms with Gasteiger partial charge in [-0.25, -0.2) is 0 Å². The van der Waals surface area contributed by atoms with E-state index in [0.29, 0.717) is 6.42 Å². The molecule has 4 heteroatoms. The average Bonchev–Trinajstić information content (AvgIpc) is 2.53. The summed E-state index contributed by atoms with van der Waals surface area (Å²) in [6.45, 7) is 8.27. The fraction of sp³-hybridized carbons (Fsp3) is 0.850. The Balaban J connectivity index is -0.000000480. The van der Waals surface area contributed by atoms with Gasteiger partial charge in [-0.2, -0.15) is 0 Å². The predicted octanol–water partition coefficient (Wildman–Crippen LogP) is 7.46. The Morgan fingerprint density at radius 1 is 0.625 bits per heavy atom. The maximum absolute atomic E-state index is 10.3. The lowest BCUT2D eigenvalue weighted by molar-refractivity contribution is -0.137. The van der Waals surface area contributed by atoms with E-state index in [0.717, 1.165) is 12.8 Å². The van der Waals surface area contributed by atoms with Crippen LogP contribution in [0.5, 0.6) is 0 Å². The Bertz CT molecular complexity index is 224. The minimum atomic E-state index is -0.653. The molecule has 0 saturated carbocycles.